The number of piperidine rings is 1. The van der Waals surface area contributed by atoms with Gasteiger partial charge in [0.05, 0.1) is 30.2 Å². The number of anilines is 1. The summed E-state index contributed by atoms with van der Waals surface area (Å²) in [6.07, 6.45) is 0.849. The second-order valence-electron chi connectivity index (χ2n) is 7.80. The molecule has 0 N–H and O–H groups in total. The third-order valence-corrected chi connectivity index (χ3v) is 7.05. The summed E-state index contributed by atoms with van der Waals surface area (Å²) >= 11 is 0. The molecule has 1 saturated heterocycles. The van der Waals surface area contributed by atoms with E-state index in [0.29, 0.717) is 30.8 Å². The number of benzene rings is 1. The summed E-state index contributed by atoms with van der Waals surface area (Å²) in [5.74, 6) is -0.271. The minimum absolute atomic E-state index is 0.109. The highest BCUT2D eigenvalue weighted by molar-refractivity contribution is 7.89. The fraction of sp³-hybridized carbons (Fsp3) is 0.579. The number of amides is 1. The highest BCUT2D eigenvalue weighted by Gasteiger charge is 2.36. The van der Waals surface area contributed by atoms with Crippen molar-refractivity contribution in [3.8, 4) is 5.75 Å². The smallest absolute Gasteiger partial charge is 0.308 e. The number of hydrogen-bond donors (Lipinski definition) is 0. The Balaban J connectivity index is 1.87. The van der Waals surface area contributed by atoms with Gasteiger partial charge in [0, 0.05) is 20.0 Å². The third kappa shape index (κ3) is 3.86. The van der Waals surface area contributed by atoms with E-state index >= 15 is 0 Å². The highest BCUT2D eigenvalue weighted by Crippen LogP contribution is 2.39. The van der Waals surface area contributed by atoms with Crippen LogP contribution in [-0.4, -0.2) is 56.9 Å². The fourth-order valence-corrected chi connectivity index (χ4v) is 5.17. The predicted octanol–water partition coefficient (Wildman–Crippen LogP) is 1.78. The van der Waals surface area contributed by atoms with Crippen LogP contribution in [0.15, 0.2) is 23.1 Å². The first-order valence-corrected chi connectivity index (χ1v) is 10.7. The Morgan fingerprint density at radius 3 is 2.43 bits per heavy atom. The van der Waals surface area contributed by atoms with E-state index in [1.807, 2.05) is 13.8 Å². The Bertz CT molecular complexity index is 888. The number of sulfonamides is 1. The van der Waals surface area contributed by atoms with Gasteiger partial charge in [-0.15, -0.1) is 0 Å². The SMILES string of the molecule is COC(=O)C1CCN(S(=O)(=O)c2ccc3c(c2)N(C(C)=O)CC(C)(C)O3)CC1. The van der Waals surface area contributed by atoms with Crippen LogP contribution >= 0.6 is 0 Å². The van der Waals surface area contributed by atoms with Crippen molar-refractivity contribution in [3.63, 3.8) is 0 Å². The molecule has 0 radical (unpaired) electrons. The van der Waals surface area contributed by atoms with Crippen molar-refractivity contribution < 1.29 is 27.5 Å². The van der Waals surface area contributed by atoms with Crippen molar-refractivity contribution in [2.75, 3.05) is 31.6 Å². The van der Waals surface area contributed by atoms with Gasteiger partial charge in [-0.1, -0.05) is 0 Å². The second kappa shape index (κ2) is 7.36. The van der Waals surface area contributed by atoms with Gasteiger partial charge in [0.1, 0.15) is 11.4 Å². The number of hydrogen-bond acceptors (Lipinski definition) is 6. The van der Waals surface area contributed by atoms with E-state index in [0.717, 1.165) is 0 Å². The zero-order valence-corrected chi connectivity index (χ0v) is 17.4. The lowest BCUT2D eigenvalue weighted by molar-refractivity contribution is -0.146. The average molecular weight is 410 g/mol. The molecule has 0 aromatic heterocycles. The zero-order valence-electron chi connectivity index (χ0n) is 16.6. The Labute approximate surface area is 165 Å². The molecule has 8 nitrogen and oxygen atoms in total. The van der Waals surface area contributed by atoms with E-state index < -0.39 is 15.6 Å². The maximum absolute atomic E-state index is 13.1. The summed E-state index contributed by atoms with van der Waals surface area (Å²) in [6.45, 7) is 6.04. The third-order valence-electron chi connectivity index (χ3n) is 5.15. The van der Waals surface area contributed by atoms with Crippen LogP contribution in [0.3, 0.4) is 0 Å². The van der Waals surface area contributed by atoms with Crippen LogP contribution in [-0.2, 0) is 24.3 Å². The lowest BCUT2D eigenvalue weighted by atomic mass is 9.99. The lowest BCUT2D eigenvalue weighted by Crippen LogP contribution is -2.48. The molecule has 2 aliphatic rings. The largest absolute Gasteiger partial charge is 0.484 e. The molecule has 0 atom stereocenters. The molecule has 2 aliphatic heterocycles. The van der Waals surface area contributed by atoms with Gasteiger partial charge >= 0.3 is 5.97 Å². The maximum Gasteiger partial charge on any atom is 0.308 e. The fourth-order valence-electron chi connectivity index (χ4n) is 3.68. The van der Waals surface area contributed by atoms with Gasteiger partial charge in [-0.25, -0.2) is 8.42 Å². The average Bonchev–Trinajstić information content (AvgIpc) is 2.65. The van der Waals surface area contributed by atoms with E-state index in [-0.39, 0.29) is 35.8 Å². The second-order valence-corrected chi connectivity index (χ2v) is 9.74. The summed E-state index contributed by atoms with van der Waals surface area (Å²) < 4.78 is 38.2. The van der Waals surface area contributed by atoms with Gasteiger partial charge in [0.15, 0.2) is 0 Å². The van der Waals surface area contributed by atoms with Crippen molar-refractivity contribution >= 4 is 27.6 Å². The topological polar surface area (TPSA) is 93.2 Å². The van der Waals surface area contributed by atoms with Crippen LogP contribution in [0.4, 0.5) is 5.69 Å². The lowest BCUT2D eigenvalue weighted by Gasteiger charge is -2.39. The minimum atomic E-state index is -3.74. The molecule has 0 unspecified atom stereocenters. The molecule has 0 bridgehead atoms. The monoisotopic (exact) mass is 410 g/mol. The molecule has 28 heavy (non-hydrogen) atoms. The van der Waals surface area contributed by atoms with Crippen LogP contribution in [0.1, 0.15) is 33.6 Å². The van der Waals surface area contributed by atoms with Crippen molar-refractivity contribution in [3.05, 3.63) is 18.2 Å². The van der Waals surface area contributed by atoms with Crippen LogP contribution in [0.2, 0.25) is 0 Å². The van der Waals surface area contributed by atoms with E-state index in [4.69, 9.17) is 9.47 Å². The Morgan fingerprint density at radius 1 is 1.21 bits per heavy atom. The van der Waals surface area contributed by atoms with Crippen LogP contribution < -0.4 is 9.64 Å². The van der Waals surface area contributed by atoms with Crippen molar-refractivity contribution in [2.24, 2.45) is 5.92 Å². The molecule has 0 spiro atoms. The number of nitrogens with zero attached hydrogens (tertiary/aromatic N) is 2. The predicted molar refractivity (Wildman–Crippen MR) is 103 cm³/mol. The molecule has 1 aromatic rings. The van der Waals surface area contributed by atoms with Crippen molar-refractivity contribution in [1.29, 1.82) is 0 Å². The molecule has 3 rings (SSSR count). The number of carbonyl (C=O) groups is 2. The van der Waals surface area contributed by atoms with Crippen molar-refractivity contribution in [1.82, 2.24) is 4.31 Å². The quantitative estimate of drug-likeness (QED) is 0.706. The standard InChI is InChI=1S/C19H26N2O6S/c1-13(22)21-12-19(2,3)27-17-6-5-15(11-16(17)21)28(24,25)20-9-7-14(8-10-20)18(23)26-4/h5-6,11,14H,7-10,12H2,1-4H3. The van der Waals surface area contributed by atoms with Gasteiger partial charge in [-0.2, -0.15) is 4.31 Å². The number of carbonyl (C=O) groups excluding carboxylic acids is 2. The molecule has 154 valence electrons. The molecule has 0 aliphatic carbocycles. The Kier molecular flexibility index (Phi) is 5.42. The van der Waals surface area contributed by atoms with Gasteiger partial charge in [0.2, 0.25) is 15.9 Å². The van der Waals surface area contributed by atoms with Gasteiger partial charge in [-0.05, 0) is 44.9 Å². The Morgan fingerprint density at radius 2 is 1.86 bits per heavy atom. The Hall–Kier alpha value is -2.13. The van der Waals surface area contributed by atoms with Crippen molar-refractivity contribution in [2.45, 2.75) is 44.1 Å². The highest BCUT2D eigenvalue weighted by atomic mass is 32.2. The number of ether oxygens (including phenoxy) is 2. The van der Waals surface area contributed by atoms with E-state index in [2.05, 4.69) is 0 Å². The van der Waals surface area contributed by atoms with E-state index in [1.54, 1.807) is 11.0 Å². The van der Waals surface area contributed by atoms with Gasteiger partial charge in [-0.3, -0.25) is 9.59 Å². The van der Waals surface area contributed by atoms with Crippen LogP contribution in [0.25, 0.3) is 0 Å². The first-order valence-electron chi connectivity index (χ1n) is 9.24. The minimum Gasteiger partial charge on any atom is -0.484 e. The van der Waals surface area contributed by atoms with E-state index in [1.165, 1.54) is 30.5 Å². The van der Waals surface area contributed by atoms with Gasteiger partial charge < -0.3 is 14.4 Å². The molecule has 1 fully saturated rings. The number of fused-ring (bicyclic) bond motifs is 1. The zero-order chi connectivity index (χ0) is 20.7. The van der Waals surface area contributed by atoms with Gasteiger partial charge in [0.25, 0.3) is 0 Å². The summed E-state index contributed by atoms with van der Waals surface area (Å²) in [6, 6.07) is 4.59. The normalized spacial score (nSPS) is 20.2. The molecular formula is C19H26N2O6S. The number of methoxy groups -OCH3 is 1. The number of rotatable bonds is 3. The maximum atomic E-state index is 13.1. The summed E-state index contributed by atoms with van der Waals surface area (Å²) in [5.41, 5.74) is -0.105. The first kappa shape index (κ1) is 20.6. The molecule has 0 saturated carbocycles. The summed E-state index contributed by atoms with van der Waals surface area (Å²) in [4.78, 5) is 25.4. The molecule has 2 heterocycles. The molecule has 1 aromatic carbocycles. The summed E-state index contributed by atoms with van der Waals surface area (Å²) in [5, 5.41) is 0. The molecular weight excluding hydrogens is 384 g/mol. The molecule has 1 amide bonds. The first-order chi connectivity index (χ1) is 13.0. The number of esters is 1. The summed E-state index contributed by atoms with van der Waals surface area (Å²) in [7, 11) is -2.41. The van der Waals surface area contributed by atoms with E-state index in [9.17, 15) is 18.0 Å². The van der Waals surface area contributed by atoms with Crippen LogP contribution in [0.5, 0.6) is 5.75 Å². The van der Waals surface area contributed by atoms with Crippen LogP contribution in [0, 0.1) is 5.92 Å². The molecule has 9 heteroatoms.